The standard InChI is InChI=1S/C19H18N2O8S/c20-11-14-1-4-16(5-2-14)30(26,27)21-8-7-13-3-6-17(29-28-12-19(24)25)15(9-13)10-18(22)23/h1-6,9,21H,7-8,10,12H2,(H,22,23)(H,24,25)/p-2. The number of nitrogens with zero attached hydrogens (tertiary/aromatic N) is 1. The highest BCUT2D eigenvalue weighted by molar-refractivity contribution is 7.89. The predicted molar refractivity (Wildman–Crippen MR) is 96.8 cm³/mol. The second kappa shape index (κ2) is 10.4. The van der Waals surface area contributed by atoms with E-state index in [0.717, 1.165) is 0 Å². The maximum absolute atomic E-state index is 12.3. The maximum Gasteiger partial charge on any atom is 0.240 e. The number of nitrogens with one attached hydrogen (secondary N) is 1. The van der Waals surface area contributed by atoms with Crippen molar-refractivity contribution in [2.24, 2.45) is 0 Å². The summed E-state index contributed by atoms with van der Waals surface area (Å²) >= 11 is 0. The van der Waals surface area contributed by atoms with Crippen LogP contribution in [0.3, 0.4) is 0 Å². The normalized spacial score (nSPS) is 10.9. The van der Waals surface area contributed by atoms with Gasteiger partial charge >= 0.3 is 0 Å². The van der Waals surface area contributed by atoms with Crippen LogP contribution in [0.4, 0.5) is 0 Å². The maximum atomic E-state index is 12.3. The van der Waals surface area contributed by atoms with E-state index >= 15 is 0 Å². The molecule has 0 aliphatic carbocycles. The molecule has 0 unspecified atom stereocenters. The van der Waals surface area contributed by atoms with Crippen molar-refractivity contribution in [2.45, 2.75) is 17.7 Å². The number of sulfonamides is 1. The first-order valence-electron chi connectivity index (χ1n) is 8.52. The summed E-state index contributed by atoms with van der Waals surface area (Å²) in [6.45, 7) is -0.821. The first kappa shape index (κ1) is 22.8. The first-order valence-corrected chi connectivity index (χ1v) is 10.0. The molecule has 0 aliphatic rings. The molecule has 2 rings (SSSR count). The Labute approximate surface area is 172 Å². The monoisotopic (exact) mass is 432 g/mol. The molecule has 10 nitrogen and oxygen atoms in total. The topological polar surface area (TPSA) is 169 Å². The molecule has 0 atom stereocenters. The molecule has 2 aromatic rings. The number of hydrogen-bond acceptors (Lipinski definition) is 9. The average molecular weight is 432 g/mol. The van der Waals surface area contributed by atoms with Gasteiger partial charge in [-0.25, -0.2) is 13.1 Å². The van der Waals surface area contributed by atoms with E-state index in [4.69, 9.17) is 10.1 Å². The molecule has 0 bridgehead atoms. The smallest absolute Gasteiger partial charge is 0.240 e. The number of carbonyl (C=O) groups is 2. The van der Waals surface area contributed by atoms with Crippen molar-refractivity contribution < 1.29 is 38.0 Å². The fourth-order valence-corrected chi connectivity index (χ4v) is 3.46. The van der Waals surface area contributed by atoms with Crippen LogP contribution < -0.4 is 19.8 Å². The molecule has 0 aliphatic heterocycles. The van der Waals surface area contributed by atoms with Crippen LogP contribution in [-0.4, -0.2) is 33.5 Å². The number of aliphatic carboxylic acids is 2. The van der Waals surface area contributed by atoms with Gasteiger partial charge in [-0.1, -0.05) is 12.1 Å². The van der Waals surface area contributed by atoms with Crippen LogP contribution in [-0.2, 0) is 37.3 Å². The average Bonchev–Trinajstić information content (AvgIpc) is 2.69. The largest absolute Gasteiger partial charge is 0.550 e. The Hall–Kier alpha value is -3.46. The lowest BCUT2D eigenvalue weighted by atomic mass is 10.0. The van der Waals surface area contributed by atoms with Crippen LogP contribution in [0.1, 0.15) is 16.7 Å². The third-order valence-corrected chi connectivity index (χ3v) is 5.26. The summed E-state index contributed by atoms with van der Waals surface area (Å²) in [5, 5.41) is 30.1. The molecule has 0 saturated carbocycles. The zero-order valence-electron chi connectivity index (χ0n) is 15.5. The second-order valence-electron chi connectivity index (χ2n) is 5.99. The van der Waals surface area contributed by atoms with Crippen LogP contribution in [0.2, 0.25) is 0 Å². The fourth-order valence-electron chi connectivity index (χ4n) is 2.43. The zero-order chi connectivity index (χ0) is 22.1. The Morgan fingerprint density at radius 2 is 1.77 bits per heavy atom. The lowest BCUT2D eigenvalue weighted by molar-refractivity contribution is -0.323. The van der Waals surface area contributed by atoms with Crippen molar-refractivity contribution in [3.8, 4) is 11.8 Å². The van der Waals surface area contributed by atoms with Crippen molar-refractivity contribution in [3.05, 3.63) is 59.2 Å². The van der Waals surface area contributed by atoms with E-state index < -0.39 is 35.0 Å². The summed E-state index contributed by atoms with van der Waals surface area (Å²) in [6.07, 6.45) is -0.287. The van der Waals surface area contributed by atoms with Gasteiger partial charge in [-0.2, -0.15) is 10.1 Å². The Morgan fingerprint density at radius 3 is 2.37 bits per heavy atom. The van der Waals surface area contributed by atoms with Crippen LogP contribution >= 0.6 is 0 Å². The summed E-state index contributed by atoms with van der Waals surface area (Å²) in [5.74, 6) is -2.91. The lowest BCUT2D eigenvalue weighted by Crippen LogP contribution is -2.28. The minimum Gasteiger partial charge on any atom is -0.550 e. The van der Waals surface area contributed by atoms with Crippen molar-refractivity contribution in [1.29, 1.82) is 5.26 Å². The number of benzene rings is 2. The van der Waals surface area contributed by atoms with Crippen LogP contribution in [0.25, 0.3) is 0 Å². The molecule has 11 heteroatoms. The van der Waals surface area contributed by atoms with E-state index in [0.29, 0.717) is 11.1 Å². The van der Waals surface area contributed by atoms with Gasteiger partial charge in [-0.15, -0.1) is 0 Å². The minimum absolute atomic E-state index is 0.00737. The van der Waals surface area contributed by atoms with Crippen molar-refractivity contribution in [2.75, 3.05) is 13.2 Å². The summed E-state index contributed by atoms with van der Waals surface area (Å²) in [4.78, 5) is 30.5. The van der Waals surface area contributed by atoms with E-state index in [1.165, 1.54) is 36.4 Å². The first-order chi connectivity index (χ1) is 14.2. The molecule has 0 fully saturated rings. The molecule has 0 amide bonds. The third-order valence-electron chi connectivity index (χ3n) is 3.78. The quantitative estimate of drug-likeness (QED) is 0.326. The van der Waals surface area contributed by atoms with Crippen molar-refractivity contribution in [1.82, 2.24) is 4.72 Å². The molecule has 30 heavy (non-hydrogen) atoms. The van der Waals surface area contributed by atoms with Gasteiger partial charge in [0.1, 0.15) is 6.61 Å². The number of nitriles is 1. The van der Waals surface area contributed by atoms with E-state index in [-0.39, 0.29) is 29.2 Å². The van der Waals surface area contributed by atoms with Crippen LogP contribution in [0.5, 0.6) is 5.75 Å². The predicted octanol–water partition coefficient (Wildman–Crippen LogP) is -1.57. The van der Waals surface area contributed by atoms with Gasteiger partial charge in [-0.05, 0) is 42.3 Å². The van der Waals surface area contributed by atoms with Gasteiger partial charge < -0.3 is 24.7 Å². The second-order valence-corrected chi connectivity index (χ2v) is 7.76. The molecule has 2 aromatic carbocycles. The number of carboxylic acids is 2. The fraction of sp³-hybridized carbons (Fsp3) is 0.211. The van der Waals surface area contributed by atoms with Crippen molar-refractivity contribution >= 4 is 22.0 Å². The Morgan fingerprint density at radius 1 is 1.07 bits per heavy atom. The molecule has 0 spiro atoms. The third kappa shape index (κ3) is 6.85. The summed E-state index contributed by atoms with van der Waals surface area (Å²) < 4.78 is 27.0. The molecular weight excluding hydrogens is 416 g/mol. The molecule has 0 radical (unpaired) electrons. The Balaban J connectivity index is 2.03. The number of hydrogen-bond donors (Lipinski definition) is 1. The van der Waals surface area contributed by atoms with Gasteiger partial charge in [0, 0.05) is 24.5 Å². The highest BCUT2D eigenvalue weighted by atomic mass is 32.2. The highest BCUT2D eigenvalue weighted by Crippen LogP contribution is 2.21. The summed E-state index contributed by atoms with van der Waals surface area (Å²) in [6, 6.07) is 11.7. The SMILES string of the molecule is N#Cc1ccc(S(=O)(=O)NCCc2ccc(OOCC(=O)[O-])c(CC(=O)[O-])c2)cc1. The van der Waals surface area contributed by atoms with Gasteiger partial charge in [0.2, 0.25) is 10.0 Å². The summed E-state index contributed by atoms with van der Waals surface area (Å²) in [7, 11) is -3.78. The lowest BCUT2D eigenvalue weighted by Gasteiger charge is -2.13. The van der Waals surface area contributed by atoms with Crippen molar-refractivity contribution in [3.63, 3.8) is 0 Å². The van der Waals surface area contributed by atoms with Crippen LogP contribution in [0, 0.1) is 11.3 Å². The van der Waals surface area contributed by atoms with E-state index in [1.54, 1.807) is 6.07 Å². The Kier molecular flexibility index (Phi) is 7.88. The molecule has 1 N–H and O–H groups in total. The van der Waals surface area contributed by atoms with Gasteiger partial charge in [0.05, 0.1) is 22.5 Å². The molecule has 158 valence electrons. The van der Waals surface area contributed by atoms with E-state index in [1.807, 2.05) is 6.07 Å². The number of carboxylic acid groups (broad SMARTS) is 2. The van der Waals surface area contributed by atoms with Crippen LogP contribution in [0.15, 0.2) is 47.4 Å². The minimum atomic E-state index is -3.78. The molecular formula is C19H16N2O8S-2. The van der Waals surface area contributed by atoms with E-state index in [2.05, 4.69) is 9.61 Å². The van der Waals surface area contributed by atoms with Gasteiger partial charge in [0.15, 0.2) is 5.75 Å². The zero-order valence-corrected chi connectivity index (χ0v) is 16.3. The summed E-state index contributed by atoms with van der Waals surface area (Å²) in [5.41, 5.74) is 1.10. The molecule has 0 aromatic heterocycles. The highest BCUT2D eigenvalue weighted by Gasteiger charge is 2.14. The number of rotatable bonds is 11. The molecule has 0 saturated heterocycles. The van der Waals surface area contributed by atoms with Gasteiger partial charge in [0.25, 0.3) is 0 Å². The molecule has 0 heterocycles. The number of carbonyl (C=O) groups excluding carboxylic acids is 2. The Bertz CT molecular complexity index is 1060. The van der Waals surface area contributed by atoms with E-state index in [9.17, 15) is 28.2 Å². The van der Waals surface area contributed by atoms with Gasteiger partial charge in [-0.3, -0.25) is 0 Å².